The number of nitrogens with zero attached hydrogens (tertiary/aromatic N) is 2. The van der Waals surface area contributed by atoms with Gasteiger partial charge in [-0.15, -0.1) is 0 Å². The first-order valence-corrected chi connectivity index (χ1v) is 8.32. The molecule has 0 bridgehead atoms. The lowest BCUT2D eigenvalue weighted by atomic mass is 9.86. The van der Waals surface area contributed by atoms with Crippen molar-refractivity contribution in [3.05, 3.63) is 0 Å². The van der Waals surface area contributed by atoms with E-state index in [9.17, 15) is 0 Å². The first kappa shape index (κ1) is 16.9. The summed E-state index contributed by atoms with van der Waals surface area (Å²) in [7, 11) is 0. The van der Waals surface area contributed by atoms with Crippen LogP contribution in [0.4, 0.5) is 0 Å². The predicted octanol–water partition coefficient (Wildman–Crippen LogP) is 2.70. The van der Waals surface area contributed by atoms with Gasteiger partial charge in [0.2, 0.25) is 0 Å². The van der Waals surface area contributed by atoms with E-state index in [0.717, 1.165) is 13.1 Å². The Morgan fingerprint density at radius 1 is 1.21 bits per heavy atom. The minimum Gasteiger partial charge on any atom is -0.329 e. The van der Waals surface area contributed by atoms with Crippen LogP contribution in [0.25, 0.3) is 0 Å². The molecule has 3 nitrogen and oxygen atoms in total. The highest BCUT2D eigenvalue weighted by atomic mass is 15.2. The van der Waals surface area contributed by atoms with Gasteiger partial charge in [-0.05, 0) is 65.2 Å². The van der Waals surface area contributed by atoms with Gasteiger partial charge in [-0.1, -0.05) is 20.8 Å². The Labute approximate surface area is 120 Å². The van der Waals surface area contributed by atoms with Gasteiger partial charge in [-0.2, -0.15) is 0 Å². The fourth-order valence-corrected chi connectivity index (χ4v) is 3.72. The van der Waals surface area contributed by atoms with Crippen molar-refractivity contribution in [2.24, 2.45) is 5.73 Å². The zero-order chi connectivity index (χ0) is 14.3. The molecule has 0 aliphatic carbocycles. The summed E-state index contributed by atoms with van der Waals surface area (Å²) in [5.74, 6) is 0. The number of hydrogen-bond donors (Lipinski definition) is 1. The Balaban J connectivity index is 2.78. The van der Waals surface area contributed by atoms with Crippen molar-refractivity contribution in [3.8, 4) is 0 Å². The molecule has 0 aromatic rings. The lowest BCUT2D eigenvalue weighted by Crippen LogP contribution is -2.57. The van der Waals surface area contributed by atoms with Gasteiger partial charge in [-0.3, -0.25) is 4.90 Å². The zero-order valence-corrected chi connectivity index (χ0v) is 13.6. The molecule has 0 saturated carbocycles. The van der Waals surface area contributed by atoms with Crippen LogP contribution in [0.1, 0.15) is 59.8 Å². The maximum atomic E-state index is 6.24. The summed E-state index contributed by atoms with van der Waals surface area (Å²) in [6.07, 6.45) is 6.28. The monoisotopic (exact) mass is 269 g/mol. The smallest absolute Gasteiger partial charge is 0.0347 e. The van der Waals surface area contributed by atoms with Gasteiger partial charge >= 0.3 is 0 Å². The van der Waals surface area contributed by atoms with Crippen LogP contribution in [0.15, 0.2) is 0 Å². The Kier molecular flexibility index (Phi) is 7.33. The number of nitrogens with two attached hydrogens (primary N) is 1. The maximum absolute atomic E-state index is 6.24. The normalized spacial score (nSPS) is 27.5. The lowest BCUT2D eigenvalue weighted by Gasteiger charge is -2.46. The van der Waals surface area contributed by atoms with Crippen LogP contribution >= 0.6 is 0 Å². The number of likely N-dealkylation sites (tertiary alicyclic amines) is 1. The topological polar surface area (TPSA) is 32.5 Å². The number of hydrogen-bond acceptors (Lipinski definition) is 3. The van der Waals surface area contributed by atoms with Crippen LogP contribution in [0.3, 0.4) is 0 Å². The van der Waals surface area contributed by atoms with Crippen LogP contribution in [0.2, 0.25) is 0 Å². The van der Waals surface area contributed by atoms with Crippen molar-refractivity contribution in [1.29, 1.82) is 0 Å². The predicted molar refractivity (Wildman–Crippen MR) is 84.5 cm³/mol. The second kappa shape index (κ2) is 8.23. The lowest BCUT2D eigenvalue weighted by molar-refractivity contribution is 0.0451. The Hall–Kier alpha value is -0.120. The van der Waals surface area contributed by atoms with Gasteiger partial charge in [-0.25, -0.2) is 0 Å². The van der Waals surface area contributed by atoms with Crippen molar-refractivity contribution in [3.63, 3.8) is 0 Å². The molecule has 0 aromatic heterocycles. The highest BCUT2D eigenvalue weighted by molar-refractivity contribution is 4.96. The van der Waals surface area contributed by atoms with Crippen LogP contribution in [0, 0.1) is 0 Å². The van der Waals surface area contributed by atoms with E-state index < -0.39 is 0 Å². The molecule has 2 unspecified atom stereocenters. The zero-order valence-electron chi connectivity index (χ0n) is 13.6. The molecule has 1 rings (SSSR count). The summed E-state index contributed by atoms with van der Waals surface area (Å²) in [5.41, 5.74) is 6.48. The molecule has 0 amide bonds. The summed E-state index contributed by atoms with van der Waals surface area (Å²) in [6.45, 7) is 14.9. The van der Waals surface area contributed by atoms with E-state index in [0.29, 0.717) is 6.04 Å². The number of likely N-dealkylation sites (N-methyl/N-ethyl adjacent to an activating group) is 1. The average molecular weight is 269 g/mol. The van der Waals surface area contributed by atoms with Gasteiger partial charge in [0.15, 0.2) is 0 Å². The van der Waals surface area contributed by atoms with E-state index in [-0.39, 0.29) is 5.54 Å². The quantitative estimate of drug-likeness (QED) is 0.771. The summed E-state index contributed by atoms with van der Waals surface area (Å²) in [6, 6.07) is 0.645. The molecular formula is C16H35N3. The summed E-state index contributed by atoms with van der Waals surface area (Å²) >= 11 is 0. The first-order chi connectivity index (χ1) is 9.13. The molecule has 1 aliphatic heterocycles. The molecule has 0 spiro atoms. The highest BCUT2D eigenvalue weighted by Crippen LogP contribution is 2.30. The first-order valence-electron chi connectivity index (χ1n) is 8.32. The Morgan fingerprint density at radius 3 is 2.47 bits per heavy atom. The van der Waals surface area contributed by atoms with Crippen LogP contribution in [-0.4, -0.2) is 54.1 Å². The molecule has 3 heteroatoms. The summed E-state index contributed by atoms with van der Waals surface area (Å²) in [5, 5.41) is 0. The van der Waals surface area contributed by atoms with E-state index in [1.165, 1.54) is 51.7 Å². The van der Waals surface area contributed by atoms with Gasteiger partial charge in [0, 0.05) is 18.1 Å². The molecule has 1 saturated heterocycles. The fourth-order valence-electron chi connectivity index (χ4n) is 3.72. The van der Waals surface area contributed by atoms with E-state index >= 15 is 0 Å². The summed E-state index contributed by atoms with van der Waals surface area (Å²) < 4.78 is 0. The molecule has 0 radical (unpaired) electrons. The van der Waals surface area contributed by atoms with Gasteiger partial charge in [0.1, 0.15) is 0 Å². The SMILES string of the molecule is CCCN1CCCC(CN)(N(CC)C(C)CC)CC1. The standard InChI is InChI=1S/C16H35N3/c1-5-11-18-12-8-9-16(14-17,10-13-18)19(7-3)15(4)6-2/h15H,5-14,17H2,1-4H3. The number of rotatable bonds is 7. The molecular weight excluding hydrogens is 234 g/mol. The van der Waals surface area contributed by atoms with Crippen molar-refractivity contribution < 1.29 is 0 Å². The molecule has 2 N–H and O–H groups in total. The van der Waals surface area contributed by atoms with Crippen LogP contribution in [-0.2, 0) is 0 Å². The Morgan fingerprint density at radius 2 is 1.95 bits per heavy atom. The Bertz CT molecular complexity index is 244. The minimum atomic E-state index is 0.243. The molecule has 1 fully saturated rings. The average Bonchev–Trinajstić information content (AvgIpc) is 2.63. The fraction of sp³-hybridized carbons (Fsp3) is 1.00. The molecule has 2 atom stereocenters. The largest absolute Gasteiger partial charge is 0.329 e. The van der Waals surface area contributed by atoms with Crippen molar-refractivity contribution in [2.75, 3.05) is 32.7 Å². The van der Waals surface area contributed by atoms with E-state index in [1.54, 1.807) is 0 Å². The molecule has 0 aromatic carbocycles. The minimum absolute atomic E-state index is 0.243. The van der Waals surface area contributed by atoms with Crippen molar-refractivity contribution >= 4 is 0 Å². The van der Waals surface area contributed by atoms with Gasteiger partial charge < -0.3 is 10.6 Å². The van der Waals surface area contributed by atoms with Crippen molar-refractivity contribution in [1.82, 2.24) is 9.80 Å². The summed E-state index contributed by atoms with van der Waals surface area (Å²) in [4.78, 5) is 5.31. The third kappa shape index (κ3) is 4.17. The molecule has 1 heterocycles. The van der Waals surface area contributed by atoms with E-state index in [2.05, 4.69) is 37.5 Å². The molecule has 19 heavy (non-hydrogen) atoms. The van der Waals surface area contributed by atoms with E-state index in [4.69, 9.17) is 5.73 Å². The molecule has 114 valence electrons. The second-order valence-corrected chi connectivity index (χ2v) is 6.17. The van der Waals surface area contributed by atoms with Gasteiger partial charge in [0.05, 0.1) is 0 Å². The third-order valence-electron chi connectivity index (χ3n) is 5.00. The maximum Gasteiger partial charge on any atom is 0.0347 e. The van der Waals surface area contributed by atoms with E-state index in [1.807, 2.05) is 0 Å². The highest BCUT2D eigenvalue weighted by Gasteiger charge is 2.37. The third-order valence-corrected chi connectivity index (χ3v) is 5.00. The van der Waals surface area contributed by atoms with Crippen molar-refractivity contribution in [2.45, 2.75) is 71.4 Å². The molecule has 1 aliphatic rings. The second-order valence-electron chi connectivity index (χ2n) is 6.17. The van der Waals surface area contributed by atoms with Crippen LogP contribution in [0.5, 0.6) is 0 Å². The van der Waals surface area contributed by atoms with Gasteiger partial charge in [0.25, 0.3) is 0 Å². The van der Waals surface area contributed by atoms with Crippen LogP contribution < -0.4 is 5.73 Å².